The molecule has 32 heteroatoms. The second kappa shape index (κ2) is 56.1. The van der Waals surface area contributed by atoms with Crippen molar-refractivity contribution in [1.29, 1.82) is 0 Å². The fourth-order valence-corrected chi connectivity index (χ4v) is 17.3. The maximum Gasteiger partial charge on any atom is 0.306 e. The van der Waals surface area contributed by atoms with Crippen molar-refractivity contribution >= 4 is 165 Å². The average molecular weight is 1710 g/mol. The molecule has 6 aliphatic heterocycles. The number of ether oxygens (including phenoxy) is 12. The Morgan fingerprint density at radius 2 is 0.342 bits per heavy atom. The van der Waals surface area contributed by atoms with E-state index in [0.29, 0.717) is 120 Å². The van der Waals surface area contributed by atoms with Crippen molar-refractivity contribution < 1.29 is 114 Å². The summed E-state index contributed by atoms with van der Waals surface area (Å²) in [6.45, 7) is 15.2. The number of hydrogen-bond donors (Lipinski definition) is 0. The highest BCUT2D eigenvalue weighted by Gasteiger charge is 2.37. The van der Waals surface area contributed by atoms with Crippen LogP contribution in [-0.2, 0) is 193 Å². The van der Waals surface area contributed by atoms with Gasteiger partial charge in [0, 0.05) is 69.0 Å². The molecule has 0 unspecified atom stereocenters. The molecule has 24 nitrogen and oxygen atoms in total. The normalized spacial score (nSPS) is 19.8. The first-order valence-corrected chi connectivity index (χ1v) is 46.3. The summed E-state index contributed by atoms with van der Waals surface area (Å²) in [6.07, 6.45) is 5.86. The van der Waals surface area contributed by atoms with Crippen LogP contribution < -0.4 is 0 Å². The zero-order valence-electron chi connectivity index (χ0n) is 65.8. The van der Waals surface area contributed by atoms with Crippen LogP contribution in [0.2, 0.25) is 0 Å². The first-order chi connectivity index (χ1) is 53.5. The van der Waals surface area contributed by atoms with E-state index in [9.17, 15) is 57.5 Å². The molecule has 6 heterocycles. The van der Waals surface area contributed by atoms with Gasteiger partial charge in [-0.25, -0.2) is 0 Å². The van der Waals surface area contributed by atoms with E-state index in [1.165, 1.54) is 70.6 Å². The van der Waals surface area contributed by atoms with E-state index in [1.54, 1.807) is 0 Å². The minimum absolute atomic E-state index is 0.0192. The van der Waals surface area contributed by atoms with E-state index in [2.05, 4.69) is 0 Å². The first-order valence-electron chi connectivity index (χ1n) is 38.3. The minimum atomic E-state index is -0.951. The molecule has 0 atom stereocenters. The van der Waals surface area contributed by atoms with Crippen molar-refractivity contribution in [2.75, 3.05) is 114 Å². The molecule has 0 saturated heterocycles. The summed E-state index contributed by atoms with van der Waals surface area (Å²) in [4.78, 5) is 154. The van der Waals surface area contributed by atoms with Crippen molar-refractivity contribution in [3.8, 4) is 0 Å². The maximum absolute atomic E-state index is 13.0. The predicted molar refractivity (Wildman–Crippen MR) is 435 cm³/mol. The van der Waals surface area contributed by atoms with E-state index in [1.807, 2.05) is 55.4 Å². The van der Waals surface area contributed by atoms with Gasteiger partial charge in [-0.1, -0.05) is 55.4 Å². The van der Waals surface area contributed by atoms with Crippen molar-refractivity contribution in [2.45, 2.75) is 223 Å². The van der Waals surface area contributed by atoms with Crippen LogP contribution in [0.1, 0.15) is 212 Å². The lowest BCUT2D eigenvalue weighted by atomic mass is 9.84. The topological polar surface area (TPSA) is 316 Å². The molecule has 8 bridgehead atoms. The molecule has 2 aromatic carbocycles. The van der Waals surface area contributed by atoms with Crippen molar-refractivity contribution in [3.63, 3.8) is 0 Å². The highest BCUT2D eigenvalue weighted by atomic mass is 35.5. The quantitative estimate of drug-likeness (QED) is 0.135. The number of hydrogen-bond acceptors (Lipinski definition) is 30. The summed E-state index contributed by atoms with van der Waals surface area (Å²) in [6, 6.07) is 0. The Hall–Kier alpha value is -5.24. The minimum Gasteiger partial charge on any atom is -0.465 e. The number of halogens is 2. The number of alkyl halides is 2. The third-order valence-electron chi connectivity index (χ3n) is 18.9. The molecule has 624 valence electrons. The summed E-state index contributed by atoms with van der Waals surface area (Å²) >= 11 is 18.1. The van der Waals surface area contributed by atoms with E-state index in [0.717, 1.165) is 66.8 Å². The Kier molecular flexibility index (Phi) is 49.6. The van der Waals surface area contributed by atoms with Crippen LogP contribution >= 0.6 is 93.8 Å². The number of carbonyl (C=O) groups excluding carboxylic acids is 12. The second-order valence-electron chi connectivity index (χ2n) is 26.3. The van der Waals surface area contributed by atoms with Gasteiger partial charge in [0.25, 0.3) is 0 Å². The van der Waals surface area contributed by atoms with Gasteiger partial charge in [0.2, 0.25) is 0 Å². The van der Waals surface area contributed by atoms with Crippen LogP contribution in [0.3, 0.4) is 0 Å². The van der Waals surface area contributed by atoms with Crippen molar-refractivity contribution in [2.24, 2.45) is 10.8 Å². The second-order valence-corrected chi connectivity index (χ2v) is 34.4. The number of rotatable bonds is 8. The van der Waals surface area contributed by atoms with Crippen LogP contribution in [0.25, 0.3) is 0 Å². The molecule has 0 saturated carbocycles. The Balaban J connectivity index is 0.000000452. The van der Waals surface area contributed by atoms with Gasteiger partial charge in [-0.3, -0.25) is 57.5 Å². The molecule has 0 aliphatic carbocycles. The van der Waals surface area contributed by atoms with Crippen molar-refractivity contribution in [1.82, 2.24) is 0 Å². The zero-order valence-corrected chi connectivity index (χ0v) is 72.2. The number of esters is 12. The highest BCUT2D eigenvalue weighted by Crippen LogP contribution is 2.36. The summed E-state index contributed by atoms with van der Waals surface area (Å²) in [5.74, 6) is 0.156. The van der Waals surface area contributed by atoms with Crippen LogP contribution in [-0.4, -0.2) is 186 Å². The zero-order chi connectivity index (χ0) is 81.4. The van der Waals surface area contributed by atoms with Gasteiger partial charge in [0.15, 0.2) is 0 Å². The smallest absolute Gasteiger partial charge is 0.306 e. The Labute approximate surface area is 690 Å². The molecular weight excluding hydrogens is 1600 g/mol. The number of fused-ring (bicyclic) bond motifs is 60. The van der Waals surface area contributed by atoms with Gasteiger partial charge >= 0.3 is 71.6 Å². The fourth-order valence-electron chi connectivity index (χ4n) is 12.3. The summed E-state index contributed by atoms with van der Waals surface area (Å²) in [5, 5.41) is 0.194. The standard InChI is InChI=1S/2C39H56O12S3.CH2Cl2/c2*1-5-27-30-21-46-33(40)9-15-52-18-12-36(43)49-24-39(8-4)25-50-37(44)13-19-53-16-10-34(41)47-22-31(27)29(7-3)32(28(30)6-2)23-48-35(42)11-17-54-20-14-38(45)51-26-39;2-1-3/h2*5-26H2,1-4H3;1H2. The van der Waals surface area contributed by atoms with Crippen LogP contribution in [0, 0.1) is 10.8 Å². The van der Waals surface area contributed by atoms with Crippen LogP contribution in [0.4, 0.5) is 0 Å². The molecule has 6 aliphatic rings. The molecule has 0 spiro atoms. The lowest BCUT2D eigenvalue weighted by Crippen LogP contribution is -2.39. The molecule has 2 aromatic rings. The molecule has 0 amide bonds. The molecular formula is C79H114Cl2O24S6. The monoisotopic (exact) mass is 1710 g/mol. The third-order valence-corrected chi connectivity index (χ3v) is 24.8. The van der Waals surface area contributed by atoms with Gasteiger partial charge < -0.3 is 56.8 Å². The average Bonchev–Trinajstić information content (AvgIpc) is 0.776. The van der Waals surface area contributed by atoms with Gasteiger partial charge in [0.05, 0.1) is 93.2 Å². The van der Waals surface area contributed by atoms with Gasteiger partial charge in [0.1, 0.15) is 79.3 Å². The Bertz CT molecular complexity index is 2770. The largest absolute Gasteiger partial charge is 0.465 e. The lowest BCUT2D eigenvalue weighted by Gasteiger charge is -2.31. The molecule has 111 heavy (non-hydrogen) atoms. The molecule has 0 N–H and O–H groups in total. The van der Waals surface area contributed by atoms with E-state index < -0.39 is 46.6 Å². The molecule has 8 rings (SSSR count). The van der Waals surface area contributed by atoms with Crippen LogP contribution in [0.5, 0.6) is 0 Å². The predicted octanol–water partition coefficient (Wildman–Crippen LogP) is 13.6. The number of benzene rings is 2. The molecule has 0 radical (unpaired) electrons. The van der Waals surface area contributed by atoms with E-state index >= 15 is 0 Å². The van der Waals surface area contributed by atoms with Gasteiger partial charge in [-0.15, -0.1) is 23.2 Å². The maximum atomic E-state index is 13.0. The van der Waals surface area contributed by atoms with Gasteiger partial charge in [-0.05, 0) is 118 Å². The Morgan fingerprint density at radius 3 is 0.450 bits per heavy atom. The van der Waals surface area contributed by atoms with E-state index in [-0.39, 0.29) is 197 Å². The molecule has 0 aromatic heterocycles. The van der Waals surface area contributed by atoms with Gasteiger partial charge in [-0.2, -0.15) is 70.6 Å². The lowest BCUT2D eigenvalue weighted by molar-refractivity contribution is -0.164. The fraction of sp³-hybridized carbons (Fsp3) is 0.696. The van der Waals surface area contributed by atoms with Crippen molar-refractivity contribution in [3.05, 3.63) is 66.8 Å². The Morgan fingerprint density at radius 1 is 0.225 bits per heavy atom. The summed E-state index contributed by atoms with van der Waals surface area (Å²) < 4.78 is 68.7. The third kappa shape index (κ3) is 36.2. The highest BCUT2D eigenvalue weighted by molar-refractivity contribution is 8.00. The van der Waals surface area contributed by atoms with Crippen LogP contribution in [0.15, 0.2) is 0 Å². The number of thioether (sulfide) groups is 6. The number of carbonyl (C=O) groups is 12. The molecule has 0 fully saturated rings. The summed E-state index contributed by atoms with van der Waals surface area (Å²) in [5.41, 5.74) is 8.71. The first kappa shape index (κ1) is 98.1. The van der Waals surface area contributed by atoms with E-state index in [4.69, 9.17) is 80.0 Å². The summed E-state index contributed by atoms with van der Waals surface area (Å²) in [7, 11) is 0. The SMILES string of the molecule is CCc1c2c(CC)c3c(CC)c1COC(=O)CCSCCC(=O)OCC(CC)(COC(=O)CCSCCC(=O)OC2)COC(=O)CCSCCC(=O)OC3.CCc1c2c(CC)c3c(CC)c1COC(=O)CCSCCC(=O)OCC(CC)(COC(=O)CCSCCC(=O)OC2)COC(=O)CCSCCC(=O)OC3.ClCCl.